The molecule has 0 atom stereocenters. The zero-order valence-electron chi connectivity index (χ0n) is 9.33. The Kier molecular flexibility index (Phi) is 3.15. The van der Waals surface area contributed by atoms with Gasteiger partial charge in [0.2, 0.25) is 5.89 Å². The highest BCUT2D eigenvalue weighted by atomic mass is 32.2. The minimum atomic E-state index is 0.455. The lowest BCUT2D eigenvalue weighted by atomic mass is 10.4. The molecular formula is C11H13N3O2S. The number of hydrogen-bond donors (Lipinski definition) is 0. The van der Waals surface area contributed by atoms with E-state index in [2.05, 4.69) is 15.1 Å². The number of nitrogens with zero attached hydrogens (tertiary/aromatic N) is 3. The second-order valence-corrected chi connectivity index (χ2v) is 5.09. The van der Waals surface area contributed by atoms with Gasteiger partial charge in [0.05, 0.1) is 12.8 Å². The van der Waals surface area contributed by atoms with Crippen molar-refractivity contribution in [3.8, 4) is 11.7 Å². The van der Waals surface area contributed by atoms with Gasteiger partial charge >= 0.3 is 0 Å². The molecule has 3 heterocycles. The van der Waals surface area contributed by atoms with Crippen LogP contribution in [0.2, 0.25) is 0 Å². The molecule has 90 valence electrons. The van der Waals surface area contributed by atoms with Crippen molar-refractivity contribution in [3.63, 3.8) is 0 Å². The average molecular weight is 251 g/mol. The molecule has 1 aliphatic rings. The van der Waals surface area contributed by atoms with Gasteiger partial charge < -0.3 is 8.83 Å². The number of rotatable bonds is 3. The van der Waals surface area contributed by atoms with Crippen LogP contribution in [0.15, 0.2) is 27.2 Å². The van der Waals surface area contributed by atoms with Gasteiger partial charge in [0.15, 0.2) is 5.76 Å². The van der Waals surface area contributed by atoms with E-state index < -0.39 is 0 Å². The first-order valence-corrected chi connectivity index (χ1v) is 6.73. The fourth-order valence-corrected chi connectivity index (χ4v) is 2.75. The van der Waals surface area contributed by atoms with Crippen molar-refractivity contribution in [1.82, 2.24) is 15.1 Å². The van der Waals surface area contributed by atoms with Gasteiger partial charge in [0, 0.05) is 24.6 Å². The summed E-state index contributed by atoms with van der Waals surface area (Å²) in [5, 5.41) is 8.02. The van der Waals surface area contributed by atoms with E-state index in [1.165, 1.54) is 11.5 Å². The van der Waals surface area contributed by atoms with Crippen LogP contribution in [0.5, 0.6) is 0 Å². The Morgan fingerprint density at radius 1 is 1.29 bits per heavy atom. The fraction of sp³-hybridized carbons (Fsp3) is 0.455. The van der Waals surface area contributed by atoms with Crippen LogP contribution in [0.4, 0.5) is 0 Å². The highest BCUT2D eigenvalue weighted by molar-refractivity contribution is 7.99. The Bertz CT molecular complexity index is 463. The van der Waals surface area contributed by atoms with E-state index in [9.17, 15) is 0 Å². The molecule has 0 bridgehead atoms. The summed E-state index contributed by atoms with van der Waals surface area (Å²) in [4.78, 5) is 2.33. The van der Waals surface area contributed by atoms with Crippen LogP contribution in [-0.2, 0) is 6.54 Å². The third-order valence-electron chi connectivity index (χ3n) is 2.66. The monoisotopic (exact) mass is 251 g/mol. The van der Waals surface area contributed by atoms with Gasteiger partial charge in [-0.1, -0.05) is 0 Å². The predicted octanol–water partition coefficient (Wildman–Crippen LogP) is 1.88. The van der Waals surface area contributed by atoms with Gasteiger partial charge in [-0.05, 0) is 12.1 Å². The topological polar surface area (TPSA) is 55.3 Å². The van der Waals surface area contributed by atoms with E-state index in [1.54, 1.807) is 12.3 Å². The number of furan rings is 1. The maximum atomic E-state index is 5.57. The van der Waals surface area contributed by atoms with Gasteiger partial charge in [-0.15, -0.1) is 10.2 Å². The van der Waals surface area contributed by atoms with Crippen molar-refractivity contribution in [3.05, 3.63) is 24.3 Å². The van der Waals surface area contributed by atoms with Gasteiger partial charge in [0.1, 0.15) is 0 Å². The van der Waals surface area contributed by atoms with Crippen LogP contribution in [-0.4, -0.2) is 39.7 Å². The van der Waals surface area contributed by atoms with E-state index in [4.69, 9.17) is 8.83 Å². The first-order valence-electron chi connectivity index (χ1n) is 5.58. The molecular weight excluding hydrogens is 238 g/mol. The van der Waals surface area contributed by atoms with Crippen molar-refractivity contribution >= 4 is 11.8 Å². The molecule has 0 unspecified atom stereocenters. The van der Waals surface area contributed by atoms with Gasteiger partial charge in [-0.2, -0.15) is 11.8 Å². The minimum absolute atomic E-state index is 0.455. The third kappa shape index (κ3) is 2.53. The number of thioether (sulfide) groups is 1. The number of aromatic nitrogens is 2. The number of hydrogen-bond acceptors (Lipinski definition) is 6. The summed E-state index contributed by atoms with van der Waals surface area (Å²) < 4.78 is 10.8. The van der Waals surface area contributed by atoms with Crippen LogP contribution < -0.4 is 0 Å². The van der Waals surface area contributed by atoms with Gasteiger partial charge in [-0.25, -0.2) is 0 Å². The normalized spacial score (nSPS) is 17.4. The Morgan fingerprint density at radius 3 is 2.94 bits per heavy atom. The molecule has 0 radical (unpaired) electrons. The highest BCUT2D eigenvalue weighted by Gasteiger charge is 2.16. The smallest absolute Gasteiger partial charge is 0.283 e. The van der Waals surface area contributed by atoms with Crippen molar-refractivity contribution in [2.45, 2.75) is 6.54 Å². The SMILES string of the molecule is c1coc(-c2nnc(CN3CCSCC3)o2)c1. The zero-order valence-corrected chi connectivity index (χ0v) is 10.2. The summed E-state index contributed by atoms with van der Waals surface area (Å²) >= 11 is 1.99. The van der Waals surface area contributed by atoms with E-state index in [1.807, 2.05) is 17.8 Å². The van der Waals surface area contributed by atoms with Crippen LogP contribution >= 0.6 is 11.8 Å². The van der Waals surface area contributed by atoms with E-state index in [0.717, 1.165) is 19.6 Å². The summed E-state index contributed by atoms with van der Waals surface area (Å²) in [6.45, 7) is 2.90. The molecule has 5 nitrogen and oxygen atoms in total. The van der Waals surface area contributed by atoms with E-state index in [-0.39, 0.29) is 0 Å². The molecule has 0 N–H and O–H groups in total. The lowest BCUT2D eigenvalue weighted by molar-refractivity contribution is 0.263. The van der Waals surface area contributed by atoms with Crippen LogP contribution in [0.1, 0.15) is 5.89 Å². The quantitative estimate of drug-likeness (QED) is 0.830. The molecule has 0 spiro atoms. The highest BCUT2D eigenvalue weighted by Crippen LogP contribution is 2.19. The second kappa shape index (κ2) is 4.93. The molecule has 1 saturated heterocycles. The van der Waals surface area contributed by atoms with Gasteiger partial charge in [-0.3, -0.25) is 4.90 Å². The van der Waals surface area contributed by atoms with Crippen LogP contribution in [0.25, 0.3) is 11.7 Å². The Labute approximate surface area is 103 Å². The summed E-state index contributed by atoms with van der Waals surface area (Å²) in [5.74, 6) is 4.09. The Balaban J connectivity index is 1.68. The fourth-order valence-electron chi connectivity index (χ4n) is 1.77. The first kappa shape index (κ1) is 10.9. The Hall–Kier alpha value is -1.27. The standard InChI is InChI=1S/C11H13N3O2S/c1-2-9(15-5-1)11-13-12-10(16-11)8-14-3-6-17-7-4-14/h1-2,5H,3-4,6-8H2. The first-order chi connectivity index (χ1) is 8.42. The molecule has 2 aromatic heterocycles. The van der Waals surface area contributed by atoms with Crippen molar-refractivity contribution in [2.75, 3.05) is 24.6 Å². The minimum Gasteiger partial charge on any atom is -0.459 e. The maximum Gasteiger partial charge on any atom is 0.283 e. The largest absolute Gasteiger partial charge is 0.459 e. The lowest BCUT2D eigenvalue weighted by Crippen LogP contribution is -2.32. The molecule has 0 aromatic carbocycles. The van der Waals surface area contributed by atoms with Crippen molar-refractivity contribution in [2.24, 2.45) is 0 Å². The molecule has 2 aromatic rings. The molecule has 3 rings (SSSR count). The second-order valence-electron chi connectivity index (χ2n) is 3.87. The average Bonchev–Trinajstić information content (AvgIpc) is 3.00. The predicted molar refractivity (Wildman–Crippen MR) is 64.6 cm³/mol. The maximum absolute atomic E-state index is 5.57. The van der Waals surface area contributed by atoms with Crippen LogP contribution in [0, 0.1) is 0 Å². The van der Waals surface area contributed by atoms with E-state index >= 15 is 0 Å². The molecule has 1 aliphatic heterocycles. The molecule has 0 amide bonds. The molecule has 1 fully saturated rings. The van der Waals surface area contributed by atoms with Crippen molar-refractivity contribution < 1.29 is 8.83 Å². The van der Waals surface area contributed by atoms with E-state index in [0.29, 0.717) is 17.5 Å². The summed E-state index contributed by atoms with van der Waals surface area (Å²) in [6, 6.07) is 3.62. The summed E-state index contributed by atoms with van der Waals surface area (Å²) in [5.41, 5.74) is 0. The molecule has 6 heteroatoms. The molecule has 0 aliphatic carbocycles. The Morgan fingerprint density at radius 2 is 2.18 bits per heavy atom. The zero-order chi connectivity index (χ0) is 11.5. The van der Waals surface area contributed by atoms with Crippen molar-refractivity contribution in [1.29, 1.82) is 0 Å². The molecule has 17 heavy (non-hydrogen) atoms. The summed E-state index contributed by atoms with van der Waals surface area (Å²) in [7, 11) is 0. The lowest BCUT2D eigenvalue weighted by Gasteiger charge is -2.24. The van der Waals surface area contributed by atoms with Gasteiger partial charge in [0.25, 0.3) is 5.89 Å². The molecule has 0 saturated carbocycles. The van der Waals surface area contributed by atoms with Crippen LogP contribution in [0.3, 0.4) is 0 Å². The summed E-state index contributed by atoms with van der Waals surface area (Å²) in [6.07, 6.45) is 1.60. The third-order valence-corrected chi connectivity index (χ3v) is 3.60.